The molecule has 0 heterocycles. The van der Waals surface area contributed by atoms with Crippen LogP contribution in [0.5, 0.6) is 0 Å². The highest BCUT2D eigenvalue weighted by Crippen LogP contribution is 2.17. The van der Waals surface area contributed by atoms with Crippen molar-refractivity contribution in [3.63, 3.8) is 0 Å². The maximum atomic E-state index is 12.8. The van der Waals surface area contributed by atoms with Gasteiger partial charge in [0.05, 0.1) is 0 Å². The van der Waals surface area contributed by atoms with Gasteiger partial charge in [0, 0.05) is 6.54 Å². The van der Waals surface area contributed by atoms with E-state index < -0.39 is 0 Å². The Morgan fingerprint density at radius 2 is 2.31 bits per heavy atom. The molecule has 0 saturated heterocycles. The van der Waals surface area contributed by atoms with Gasteiger partial charge >= 0.3 is 0 Å². The van der Waals surface area contributed by atoms with Gasteiger partial charge in [0.15, 0.2) is 0 Å². The van der Waals surface area contributed by atoms with Gasteiger partial charge < -0.3 is 5.73 Å². The molecule has 13 heavy (non-hydrogen) atoms. The minimum Gasteiger partial charge on any atom is -0.327 e. The largest absolute Gasteiger partial charge is 0.327 e. The van der Waals surface area contributed by atoms with Crippen LogP contribution in [0.15, 0.2) is 30.3 Å². The van der Waals surface area contributed by atoms with Gasteiger partial charge in [-0.3, -0.25) is 0 Å². The fourth-order valence-corrected chi connectivity index (χ4v) is 1.30. The number of halogens is 1. The van der Waals surface area contributed by atoms with Crippen LogP contribution in [-0.2, 0) is 0 Å². The van der Waals surface area contributed by atoms with E-state index in [1.807, 2.05) is 19.1 Å². The summed E-state index contributed by atoms with van der Waals surface area (Å²) >= 11 is 0. The second kappa shape index (κ2) is 4.77. The molecule has 0 unspecified atom stereocenters. The van der Waals surface area contributed by atoms with Crippen LogP contribution in [0.3, 0.4) is 0 Å². The summed E-state index contributed by atoms with van der Waals surface area (Å²) in [7, 11) is 0. The Balaban J connectivity index is 2.98. The topological polar surface area (TPSA) is 26.0 Å². The van der Waals surface area contributed by atoms with Gasteiger partial charge in [-0.05, 0) is 29.7 Å². The zero-order valence-corrected chi connectivity index (χ0v) is 7.76. The number of nitrogens with two attached hydrogens (primary N) is 1. The molecule has 0 aromatic heterocycles. The number of allylic oxidation sites excluding steroid dienone is 1. The van der Waals surface area contributed by atoms with Crippen molar-refractivity contribution in [2.45, 2.75) is 13.3 Å². The molecule has 1 aromatic rings. The van der Waals surface area contributed by atoms with Gasteiger partial charge in [-0.15, -0.1) is 0 Å². The lowest BCUT2D eigenvalue weighted by Crippen LogP contribution is -1.95. The average molecular weight is 179 g/mol. The second-order valence-electron chi connectivity index (χ2n) is 2.83. The second-order valence-corrected chi connectivity index (χ2v) is 2.83. The van der Waals surface area contributed by atoms with Crippen molar-refractivity contribution in [2.24, 2.45) is 5.73 Å². The molecule has 2 heteroatoms. The summed E-state index contributed by atoms with van der Waals surface area (Å²) in [5, 5.41) is 0. The molecule has 0 aliphatic carbocycles. The van der Waals surface area contributed by atoms with Gasteiger partial charge in [0.1, 0.15) is 5.82 Å². The highest BCUT2D eigenvalue weighted by atomic mass is 19.1. The van der Waals surface area contributed by atoms with E-state index in [1.165, 1.54) is 12.1 Å². The summed E-state index contributed by atoms with van der Waals surface area (Å²) in [6, 6.07) is 6.59. The zero-order chi connectivity index (χ0) is 9.68. The number of benzene rings is 1. The molecule has 0 aliphatic heterocycles. The molecule has 1 nitrogen and oxygen atoms in total. The van der Waals surface area contributed by atoms with Crippen molar-refractivity contribution >= 4 is 5.57 Å². The first-order valence-corrected chi connectivity index (χ1v) is 4.43. The first-order chi connectivity index (χ1) is 6.27. The monoisotopic (exact) mass is 179 g/mol. The Kier molecular flexibility index (Phi) is 3.65. The molecule has 70 valence electrons. The smallest absolute Gasteiger partial charge is 0.123 e. The molecule has 0 bridgehead atoms. The molecular formula is C11H14FN. The summed E-state index contributed by atoms with van der Waals surface area (Å²) in [6.07, 6.45) is 2.80. The number of hydrogen-bond donors (Lipinski definition) is 1. The molecule has 2 N–H and O–H groups in total. The van der Waals surface area contributed by atoms with Gasteiger partial charge in [0.2, 0.25) is 0 Å². The minimum absolute atomic E-state index is 0.200. The fourth-order valence-electron chi connectivity index (χ4n) is 1.30. The Morgan fingerprint density at radius 3 is 2.85 bits per heavy atom. The summed E-state index contributed by atoms with van der Waals surface area (Å²) < 4.78 is 12.8. The van der Waals surface area contributed by atoms with Gasteiger partial charge in [-0.2, -0.15) is 0 Å². The van der Waals surface area contributed by atoms with E-state index in [4.69, 9.17) is 5.73 Å². The normalized spacial score (nSPS) is 11.8. The zero-order valence-electron chi connectivity index (χ0n) is 7.76. The first kappa shape index (κ1) is 9.93. The van der Waals surface area contributed by atoms with Crippen LogP contribution in [0.25, 0.3) is 5.57 Å². The van der Waals surface area contributed by atoms with Crippen LogP contribution in [-0.4, -0.2) is 6.54 Å². The maximum Gasteiger partial charge on any atom is 0.123 e. The average Bonchev–Trinajstić information content (AvgIpc) is 2.14. The van der Waals surface area contributed by atoms with Crippen LogP contribution < -0.4 is 5.73 Å². The third-order valence-electron chi connectivity index (χ3n) is 1.94. The van der Waals surface area contributed by atoms with E-state index in [9.17, 15) is 4.39 Å². The van der Waals surface area contributed by atoms with Crippen molar-refractivity contribution in [2.75, 3.05) is 6.54 Å². The Bertz CT molecular complexity index is 305. The number of rotatable bonds is 3. The van der Waals surface area contributed by atoms with E-state index in [2.05, 4.69) is 0 Å². The Hall–Kier alpha value is -1.15. The SMILES string of the molecule is CC/C(=C/CN)c1cccc(F)c1. The summed E-state index contributed by atoms with van der Waals surface area (Å²) in [4.78, 5) is 0. The molecular weight excluding hydrogens is 165 g/mol. The molecule has 0 spiro atoms. The highest BCUT2D eigenvalue weighted by molar-refractivity contribution is 5.65. The lowest BCUT2D eigenvalue weighted by molar-refractivity contribution is 0.627. The molecule has 0 amide bonds. The van der Waals surface area contributed by atoms with Crippen LogP contribution in [0.1, 0.15) is 18.9 Å². The third-order valence-corrected chi connectivity index (χ3v) is 1.94. The maximum absolute atomic E-state index is 12.8. The van der Waals surface area contributed by atoms with Gasteiger partial charge in [-0.1, -0.05) is 25.1 Å². The lowest BCUT2D eigenvalue weighted by atomic mass is 10.0. The molecule has 1 rings (SSSR count). The standard InChI is InChI=1S/C11H14FN/c1-2-9(6-7-13)10-4-3-5-11(12)8-10/h3-6,8H,2,7,13H2,1H3/b9-6-. The predicted octanol–water partition coefficient (Wildman–Crippen LogP) is 2.58. The van der Waals surface area contributed by atoms with E-state index in [-0.39, 0.29) is 5.82 Å². The van der Waals surface area contributed by atoms with Crippen molar-refractivity contribution in [3.05, 3.63) is 41.7 Å². The fraction of sp³-hybridized carbons (Fsp3) is 0.273. The van der Waals surface area contributed by atoms with Crippen molar-refractivity contribution < 1.29 is 4.39 Å². The Labute approximate surface area is 78.1 Å². The van der Waals surface area contributed by atoms with E-state index >= 15 is 0 Å². The summed E-state index contributed by atoms with van der Waals surface area (Å²) in [6.45, 7) is 2.53. The molecule has 0 fully saturated rings. The predicted molar refractivity (Wildman–Crippen MR) is 53.7 cm³/mol. The van der Waals surface area contributed by atoms with E-state index in [0.29, 0.717) is 6.54 Å². The van der Waals surface area contributed by atoms with Crippen LogP contribution >= 0.6 is 0 Å². The molecule has 0 aliphatic rings. The van der Waals surface area contributed by atoms with Gasteiger partial charge in [-0.25, -0.2) is 4.39 Å². The highest BCUT2D eigenvalue weighted by Gasteiger charge is 1.99. The van der Waals surface area contributed by atoms with Crippen molar-refractivity contribution in [3.8, 4) is 0 Å². The van der Waals surface area contributed by atoms with Crippen LogP contribution in [0.2, 0.25) is 0 Å². The lowest BCUT2D eigenvalue weighted by Gasteiger charge is -2.04. The Morgan fingerprint density at radius 1 is 1.54 bits per heavy atom. The van der Waals surface area contributed by atoms with Gasteiger partial charge in [0.25, 0.3) is 0 Å². The number of hydrogen-bond acceptors (Lipinski definition) is 1. The van der Waals surface area contributed by atoms with E-state index in [0.717, 1.165) is 17.6 Å². The van der Waals surface area contributed by atoms with Crippen molar-refractivity contribution in [1.29, 1.82) is 0 Å². The van der Waals surface area contributed by atoms with Crippen LogP contribution in [0.4, 0.5) is 4.39 Å². The minimum atomic E-state index is -0.200. The molecule has 0 radical (unpaired) electrons. The summed E-state index contributed by atoms with van der Waals surface area (Å²) in [5.41, 5.74) is 7.43. The van der Waals surface area contributed by atoms with Crippen molar-refractivity contribution in [1.82, 2.24) is 0 Å². The third kappa shape index (κ3) is 2.67. The summed E-state index contributed by atoms with van der Waals surface area (Å²) in [5.74, 6) is -0.200. The molecule has 0 saturated carbocycles. The molecule has 1 aromatic carbocycles. The van der Waals surface area contributed by atoms with Crippen LogP contribution in [0, 0.1) is 5.82 Å². The first-order valence-electron chi connectivity index (χ1n) is 4.43. The van der Waals surface area contributed by atoms with E-state index in [1.54, 1.807) is 6.07 Å². The quantitative estimate of drug-likeness (QED) is 0.758. The molecule has 0 atom stereocenters.